The third kappa shape index (κ3) is 6.29. The van der Waals surface area contributed by atoms with E-state index in [9.17, 15) is 18.0 Å². The van der Waals surface area contributed by atoms with Crippen molar-refractivity contribution in [3.63, 3.8) is 0 Å². The van der Waals surface area contributed by atoms with Crippen molar-refractivity contribution in [2.75, 3.05) is 13.7 Å². The molecule has 2 rings (SSSR count). The first-order valence-electron chi connectivity index (χ1n) is 8.51. The Bertz CT molecular complexity index is 718. The van der Waals surface area contributed by atoms with Crippen molar-refractivity contribution in [3.05, 3.63) is 65.7 Å². The number of carbonyl (C=O) groups excluding carboxylic acids is 1. The molecule has 0 saturated carbocycles. The first-order chi connectivity index (χ1) is 12.8. The molecule has 0 aliphatic rings. The van der Waals surface area contributed by atoms with Gasteiger partial charge in [0.2, 0.25) is 0 Å². The molecule has 1 N–H and O–H groups in total. The fourth-order valence-corrected chi connectivity index (χ4v) is 2.54. The first-order valence-corrected chi connectivity index (χ1v) is 8.51. The highest BCUT2D eigenvalue weighted by Crippen LogP contribution is 2.31. The molecule has 0 aliphatic heterocycles. The Hall–Kier alpha value is -2.54. The summed E-state index contributed by atoms with van der Waals surface area (Å²) in [6, 6.07) is 13.5. The summed E-state index contributed by atoms with van der Waals surface area (Å²) in [5, 5.41) is 3.05. The van der Waals surface area contributed by atoms with Crippen molar-refractivity contribution in [2.24, 2.45) is 0 Å². The Morgan fingerprint density at radius 2 is 1.70 bits per heavy atom. The molecule has 2 atom stereocenters. The zero-order valence-electron chi connectivity index (χ0n) is 15.1. The van der Waals surface area contributed by atoms with Gasteiger partial charge < -0.3 is 14.8 Å². The van der Waals surface area contributed by atoms with Gasteiger partial charge in [-0.1, -0.05) is 30.3 Å². The van der Waals surface area contributed by atoms with Crippen molar-refractivity contribution in [2.45, 2.75) is 31.7 Å². The second-order valence-electron chi connectivity index (χ2n) is 6.03. The number of hydrogen-bond donors (Lipinski definition) is 1. The number of benzene rings is 2. The van der Waals surface area contributed by atoms with E-state index in [0.717, 1.165) is 17.7 Å². The van der Waals surface area contributed by atoms with Crippen molar-refractivity contribution < 1.29 is 27.4 Å². The maximum atomic E-state index is 12.7. The molecule has 2 aromatic rings. The maximum absolute atomic E-state index is 12.7. The lowest BCUT2D eigenvalue weighted by Crippen LogP contribution is -2.36. The third-order valence-electron chi connectivity index (χ3n) is 4.04. The summed E-state index contributed by atoms with van der Waals surface area (Å²) in [7, 11) is 1.32. The average molecular weight is 381 g/mol. The molecule has 0 amide bonds. The highest BCUT2D eigenvalue weighted by molar-refractivity contribution is 5.75. The normalized spacial score (nSPS) is 13.7. The van der Waals surface area contributed by atoms with Crippen LogP contribution in [0.4, 0.5) is 13.2 Å². The lowest BCUT2D eigenvalue weighted by Gasteiger charge is -2.21. The minimum absolute atomic E-state index is 0.345. The van der Waals surface area contributed by atoms with Crippen LogP contribution in [0.3, 0.4) is 0 Å². The minimum atomic E-state index is -4.38. The number of ether oxygens (including phenoxy) is 2. The van der Waals surface area contributed by atoms with Gasteiger partial charge in [0.05, 0.1) is 12.7 Å². The van der Waals surface area contributed by atoms with Crippen LogP contribution in [-0.4, -0.2) is 25.7 Å². The average Bonchev–Trinajstić information content (AvgIpc) is 2.66. The standard InChI is InChI=1S/C20H22F3NO3/c1-14(19(25)26-2)24-13-12-18(15-6-4-3-5-7-15)27-17-10-8-16(9-11-17)20(21,22)23/h3-11,14,18,24H,12-13H2,1-2H3/t14-,18?/m0/s1. The molecule has 4 nitrogen and oxygen atoms in total. The SMILES string of the molecule is COC(=O)[C@H](C)NCCC(Oc1ccc(C(F)(F)F)cc1)c1ccccc1. The summed E-state index contributed by atoms with van der Waals surface area (Å²) >= 11 is 0. The molecule has 0 aromatic heterocycles. The van der Waals surface area contributed by atoms with Gasteiger partial charge in [-0.2, -0.15) is 13.2 Å². The second kappa shape index (κ2) is 9.41. The van der Waals surface area contributed by atoms with Crippen LogP contribution >= 0.6 is 0 Å². The lowest BCUT2D eigenvalue weighted by molar-refractivity contribution is -0.142. The molecule has 146 valence electrons. The molecule has 0 heterocycles. The van der Waals surface area contributed by atoms with Gasteiger partial charge in [-0.05, 0) is 43.3 Å². The Kier molecular flexibility index (Phi) is 7.24. The number of esters is 1. The van der Waals surface area contributed by atoms with E-state index in [1.54, 1.807) is 6.92 Å². The fourth-order valence-electron chi connectivity index (χ4n) is 2.54. The Labute approximate surface area is 156 Å². The van der Waals surface area contributed by atoms with Crippen LogP contribution < -0.4 is 10.1 Å². The van der Waals surface area contributed by atoms with Gasteiger partial charge in [0.25, 0.3) is 0 Å². The van der Waals surface area contributed by atoms with Gasteiger partial charge in [0.15, 0.2) is 0 Å². The molecular weight excluding hydrogens is 359 g/mol. The quantitative estimate of drug-likeness (QED) is 0.690. The van der Waals surface area contributed by atoms with E-state index >= 15 is 0 Å². The molecular formula is C20H22F3NO3. The number of halogens is 3. The summed E-state index contributed by atoms with van der Waals surface area (Å²) in [4.78, 5) is 11.5. The fraction of sp³-hybridized carbons (Fsp3) is 0.350. The predicted molar refractivity (Wildman–Crippen MR) is 95.4 cm³/mol. The lowest BCUT2D eigenvalue weighted by atomic mass is 10.1. The van der Waals surface area contributed by atoms with E-state index in [1.165, 1.54) is 19.2 Å². The highest BCUT2D eigenvalue weighted by Gasteiger charge is 2.30. The van der Waals surface area contributed by atoms with E-state index < -0.39 is 17.8 Å². The van der Waals surface area contributed by atoms with Gasteiger partial charge in [-0.15, -0.1) is 0 Å². The zero-order chi connectivity index (χ0) is 19.9. The smallest absolute Gasteiger partial charge is 0.416 e. The van der Waals surface area contributed by atoms with Crippen molar-refractivity contribution in [1.82, 2.24) is 5.32 Å². The maximum Gasteiger partial charge on any atom is 0.416 e. The molecule has 0 radical (unpaired) electrons. The van der Waals surface area contributed by atoms with Gasteiger partial charge in [-0.3, -0.25) is 4.79 Å². The number of methoxy groups -OCH3 is 1. The third-order valence-corrected chi connectivity index (χ3v) is 4.04. The summed E-state index contributed by atoms with van der Waals surface area (Å²) in [6.07, 6.45) is -4.24. The molecule has 2 aromatic carbocycles. The van der Waals surface area contributed by atoms with E-state index in [2.05, 4.69) is 10.1 Å². The Morgan fingerprint density at radius 3 is 2.26 bits per heavy atom. The molecule has 0 saturated heterocycles. The van der Waals surface area contributed by atoms with Gasteiger partial charge >= 0.3 is 12.1 Å². The molecule has 0 spiro atoms. The van der Waals surface area contributed by atoms with Crippen LogP contribution in [0.25, 0.3) is 0 Å². The van der Waals surface area contributed by atoms with Crippen molar-refractivity contribution in [1.29, 1.82) is 0 Å². The number of alkyl halides is 3. The number of rotatable bonds is 8. The number of hydrogen-bond acceptors (Lipinski definition) is 4. The molecule has 7 heteroatoms. The topological polar surface area (TPSA) is 47.6 Å². The molecule has 0 aliphatic carbocycles. The molecule has 27 heavy (non-hydrogen) atoms. The van der Waals surface area contributed by atoms with Gasteiger partial charge in [0, 0.05) is 6.42 Å². The zero-order valence-corrected chi connectivity index (χ0v) is 15.1. The van der Waals surface area contributed by atoms with E-state index in [0.29, 0.717) is 18.7 Å². The predicted octanol–water partition coefficient (Wildman–Crippen LogP) is 4.37. The van der Waals surface area contributed by atoms with Crippen LogP contribution in [0.1, 0.15) is 30.6 Å². The van der Waals surface area contributed by atoms with Crippen LogP contribution in [0.15, 0.2) is 54.6 Å². The summed E-state index contributed by atoms with van der Waals surface area (Å²) in [6.45, 7) is 2.16. The van der Waals surface area contributed by atoms with Crippen molar-refractivity contribution >= 4 is 5.97 Å². The van der Waals surface area contributed by atoms with Crippen LogP contribution in [0.5, 0.6) is 5.75 Å². The number of carbonyl (C=O) groups is 1. The van der Waals surface area contributed by atoms with E-state index in [4.69, 9.17) is 4.74 Å². The molecule has 0 bridgehead atoms. The summed E-state index contributed by atoms with van der Waals surface area (Å²) in [5.74, 6) is -0.0206. The largest absolute Gasteiger partial charge is 0.486 e. The summed E-state index contributed by atoms with van der Waals surface area (Å²) in [5.41, 5.74) is 0.171. The van der Waals surface area contributed by atoms with Gasteiger partial charge in [0.1, 0.15) is 17.9 Å². The highest BCUT2D eigenvalue weighted by atomic mass is 19.4. The Balaban J connectivity index is 2.06. The van der Waals surface area contributed by atoms with E-state index in [1.807, 2.05) is 30.3 Å². The Morgan fingerprint density at radius 1 is 1.07 bits per heavy atom. The second-order valence-corrected chi connectivity index (χ2v) is 6.03. The van der Waals surface area contributed by atoms with E-state index in [-0.39, 0.29) is 12.1 Å². The van der Waals surface area contributed by atoms with Crippen LogP contribution in [0, 0.1) is 0 Å². The van der Waals surface area contributed by atoms with Crippen LogP contribution in [-0.2, 0) is 15.7 Å². The molecule has 1 unspecified atom stereocenters. The number of nitrogens with one attached hydrogen (secondary N) is 1. The van der Waals surface area contributed by atoms with Crippen molar-refractivity contribution in [3.8, 4) is 5.75 Å². The minimum Gasteiger partial charge on any atom is -0.486 e. The van der Waals surface area contributed by atoms with Crippen LogP contribution in [0.2, 0.25) is 0 Å². The first kappa shape index (κ1) is 20.8. The molecule has 0 fully saturated rings. The van der Waals surface area contributed by atoms with Gasteiger partial charge in [-0.25, -0.2) is 0 Å². The summed E-state index contributed by atoms with van der Waals surface area (Å²) < 4.78 is 48.7. The monoisotopic (exact) mass is 381 g/mol.